The topological polar surface area (TPSA) is 131 Å². The molecule has 1 atom stereocenters. The normalized spacial score (nSPS) is 11.6. The molecule has 7 nitrogen and oxygen atoms in total. The van der Waals surface area contributed by atoms with Crippen molar-refractivity contribution in [1.82, 2.24) is 0 Å². The Hall–Kier alpha value is -2.28. The first-order valence-corrected chi connectivity index (χ1v) is 4.73. The Morgan fingerprint density at radius 2 is 1.76 bits per heavy atom. The number of nitrogens with two attached hydrogens (primary N) is 3. The fraction of sp³-hybridized carbons (Fsp3) is 0.200. The van der Waals surface area contributed by atoms with Crippen molar-refractivity contribution in [3.63, 3.8) is 0 Å². The average molecular weight is 239 g/mol. The molecule has 1 rings (SSSR count). The van der Waals surface area contributed by atoms with Crippen LogP contribution in [0.4, 0.5) is 4.79 Å². The number of rotatable bonds is 5. The molecule has 0 aliphatic heterocycles. The first kappa shape index (κ1) is 12.8. The molecular formula is C10H13N3O4. The first-order chi connectivity index (χ1) is 8.04. The molecule has 0 heterocycles. The van der Waals surface area contributed by atoms with E-state index in [-0.39, 0.29) is 6.73 Å². The Balaban J connectivity index is 2.87. The second kappa shape index (κ2) is 5.71. The molecular weight excluding hydrogens is 226 g/mol. The molecule has 0 fully saturated rings. The van der Waals surface area contributed by atoms with Gasteiger partial charge in [-0.25, -0.2) is 4.79 Å². The molecule has 0 aliphatic carbocycles. The Kier molecular flexibility index (Phi) is 4.29. The summed E-state index contributed by atoms with van der Waals surface area (Å²) in [5, 5.41) is 0. The number of hydrogen-bond donors (Lipinski definition) is 3. The molecule has 17 heavy (non-hydrogen) atoms. The summed E-state index contributed by atoms with van der Waals surface area (Å²) < 4.78 is 9.61. The summed E-state index contributed by atoms with van der Waals surface area (Å²) in [7, 11) is 0. The quantitative estimate of drug-likeness (QED) is 0.602. The molecule has 1 unspecified atom stereocenters. The van der Waals surface area contributed by atoms with Crippen molar-refractivity contribution >= 4 is 12.0 Å². The second-order valence-electron chi connectivity index (χ2n) is 3.10. The van der Waals surface area contributed by atoms with Crippen molar-refractivity contribution in [2.24, 2.45) is 17.2 Å². The van der Waals surface area contributed by atoms with E-state index in [0.29, 0.717) is 11.3 Å². The molecule has 0 aliphatic rings. The number of primary amides is 2. The zero-order valence-corrected chi connectivity index (χ0v) is 8.96. The third-order valence-electron chi connectivity index (χ3n) is 1.93. The van der Waals surface area contributed by atoms with Crippen LogP contribution in [0, 0.1) is 0 Å². The van der Waals surface area contributed by atoms with Crippen molar-refractivity contribution in [3.05, 3.63) is 29.8 Å². The Morgan fingerprint density at radius 1 is 1.18 bits per heavy atom. The van der Waals surface area contributed by atoms with Crippen LogP contribution < -0.4 is 21.9 Å². The summed E-state index contributed by atoms with van der Waals surface area (Å²) in [6.45, 7) is 0.0381. The van der Waals surface area contributed by atoms with Crippen molar-refractivity contribution < 1.29 is 19.1 Å². The molecule has 0 saturated heterocycles. The van der Waals surface area contributed by atoms with Crippen LogP contribution in [-0.4, -0.2) is 18.7 Å². The second-order valence-corrected chi connectivity index (χ2v) is 3.10. The molecule has 92 valence electrons. The van der Waals surface area contributed by atoms with Gasteiger partial charge in [-0.15, -0.1) is 0 Å². The maximum atomic E-state index is 11.1. The Morgan fingerprint density at radius 3 is 2.18 bits per heavy atom. The van der Waals surface area contributed by atoms with Crippen molar-refractivity contribution in [3.8, 4) is 5.75 Å². The lowest BCUT2D eigenvalue weighted by molar-refractivity contribution is -0.126. The maximum absolute atomic E-state index is 11.1. The highest BCUT2D eigenvalue weighted by atomic mass is 16.6. The van der Waals surface area contributed by atoms with Gasteiger partial charge in [-0.2, -0.15) is 0 Å². The first-order valence-electron chi connectivity index (χ1n) is 4.73. The van der Waals surface area contributed by atoms with E-state index < -0.39 is 18.1 Å². The summed E-state index contributed by atoms with van der Waals surface area (Å²) in [6.07, 6.45) is -2.28. The largest absolute Gasteiger partial charge is 0.479 e. The third kappa shape index (κ3) is 3.65. The third-order valence-corrected chi connectivity index (χ3v) is 1.93. The highest BCUT2D eigenvalue weighted by molar-refractivity contribution is 5.83. The van der Waals surface area contributed by atoms with Gasteiger partial charge in [0.1, 0.15) is 12.5 Å². The molecule has 7 heteroatoms. The van der Waals surface area contributed by atoms with Gasteiger partial charge in [0.2, 0.25) is 6.10 Å². The predicted octanol–water partition coefficient (Wildman–Crippen LogP) is -0.397. The van der Waals surface area contributed by atoms with Crippen molar-refractivity contribution in [1.29, 1.82) is 0 Å². The average Bonchev–Trinajstić information content (AvgIpc) is 2.27. The molecule has 2 amide bonds. The van der Waals surface area contributed by atoms with Gasteiger partial charge in [-0.3, -0.25) is 10.5 Å². The van der Waals surface area contributed by atoms with Crippen LogP contribution in [0.3, 0.4) is 0 Å². The van der Waals surface area contributed by atoms with Crippen LogP contribution in [0.25, 0.3) is 0 Å². The number of benzene rings is 1. The van der Waals surface area contributed by atoms with E-state index >= 15 is 0 Å². The Bertz CT molecular complexity index is 405. The van der Waals surface area contributed by atoms with E-state index in [1.807, 2.05) is 0 Å². The van der Waals surface area contributed by atoms with Gasteiger partial charge in [0.15, 0.2) is 0 Å². The van der Waals surface area contributed by atoms with Gasteiger partial charge < -0.3 is 20.9 Å². The van der Waals surface area contributed by atoms with Gasteiger partial charge in [-0.1, -0.05) is 12.1 Å². The lowest BCUT2D eigenvalue weighted by atomic mass is 10.1. The molecule has 0 spiro atoms. The van der Waals surface area contributed by atoms with Crippen LogP contribution >= 0.6 is 0 Å². The zero-order valence-electron chi connectivity index (χ0n) is 8.96. The molecule has 0 saturated carbocycles. The maximum Gasteiger partial charge on any atom is 0.405 e. The zero-order chi connectivity index (χ0) is 12.8. The van der Waals surface area contributed by atoms with E-state index in [9.17, 15) is 9.59 Å². The summed E-state index contributed by atoms with van der Waals surface area (Å²) in [5.41, 5.74) is 15.5. The standard InChI is InChI=1S/C10H13N3O4/c11-5-16-7-3-1-6(2-4-7)8(9(12)14)17-10(13)15/h1-4,8H,5,11H2,(H2,12,14)(H2,13,15). The highest BCUT2D eigenvalue weighted by Gasteiger charge is 2.21. The van der Waals surface area contributed by atoms with E-state index in [2.05, 4.69) is 4.74 Å². The molecule has 0 bridgehead atoms. The number of ether oxygens (including phenoxy) is 2. The fourth-order valence-corrected chi connectivity index (χ4v) is 1.24. The summed E-state index contributed by atoms with van der Waals surface area (Å²) in [6, 6.07) is 6.21. The highest BCUT2D eigenvalue weighted by Crippen LogP contribution is 2.20. The van der Waals surface area contributed by atoms with Crippen molar-refractivity contribution in [2.45, 2.75) is 6.10 Å². The molecule has 6 N–H and O–H groups in total. The van der Waals surface area contributed by atoms with E-state index in [0.717, 1.165) is 0 Å². The minimum Gasteiger partial charge on any atom is -0.479 e. The smallest absolute Gasteiger partial charge is 0.405 e. The van der Waals surface area contributed by atoms with Gasteiger partial charge in [0.25, 0.3) is 5.91 Å². The summed E-state index contributed by atoms with van der Waals surface area (Å²) in [5.74, 6) is -0.283. The SMILES string of the molecule is NCOc1ccc(C(OC(N)=O)C(N)=O)cc1. The number of carbonyl (C=O) groups is 2. The summed E-state index contributed by atoms with van der Waals surface area (Å²) in [4.78, 5) is 21.7. The lowest BCUT2D eigenvalue weighted by Crippen LogP contribution is -2.28. The summed E-state index contributed by atoms with van der Waals surface area (Å²) >= 11 is 0. The van der Waals surface area contributed by atoms with E-state index in [4.69, 9.17) is 21.9 Å². The molecule has 1 aromatic rings. The molecule has 0 aromatic heterocycles. The van der Waals surface area contributed by atoms with Crippen LogP contribution in [0.2, 0.25) is 0 Å². The Labute approximate surface area is 97.5 Å². The van der Waals surface area contributed by atoms with Crippen LogP contribution in [0.1, 0.15) is 11.7 Å². The minimum absolute atomic E-state index is 0.0381. The van der Waals surface area contributed by atoms with Crippen LogP contribution in [0.15, 0.2) is 24.3 Å². The fourth-order valence-electron chi connectivity index (χ4n) is 1.24. The predicted molar refractivity (Wildman–Crippen MR) is 58.7 cm³/mol. The monoisotopic (exact) mass is 239 g/mol. The lowest BCUT2D eigenvalue weighted by Gasteiger charge is -2.13. The molecule has 0 radical (unpaired) electrons. The van der Waals surface area contributed by atoms with Gasteiger partial charge in [-0.05, 0) is 12.1 Å². The number of amides is 2. The van der Waals surface area contributed by atoms with Crippen LogP contribution in [0.5, 0.6) is 5.75 Å². The van der Waals surface area contributed by atoms with E-state index in [1.54, 1.807) is 12.1 Å². The van der Waals surface area contributed by atoms with Crippen molar-refractivity contribution in [2.75, 3.05) is 6.73 Å². The van der Waals surface area contributed by atoms with Crippen LogP contribution in [-0.2, 0) is 9.53 Å². The minimum atomic E-state index is -1.21. The molecule has 1 aromatic carbocycles. The van der Waals surface area contributed by atoms with Gasteiger partial charge in [0, 0.05) is 5.56 Å². The van der Waals surface area contributed by atoms with Gasteiger partial charge >= 0.3 is 6.09 Å². The van der Waals surface area contributed by atoms with Gasteiger partial charge in [0.05, 0.1) is 0 Å². The number of hydrogen-bond acceptors (Lipinski definition) is 5. The van der Waals surface area contributed by atoms with E-state index in [1.165, 1.54) is 12.1 Å². The number of carbonyl (C=O) groups excluding carboxylic acids is 2.